The van der Waals surface area contributed by atoms with Crippen LogP contribution < -0.4 is 0 Å². The van der Waals surface area contributed by atoms with Gasteiger partial charge in [-0.3, -0.25) is 0 Å². The van der Waals surface area contributed by atoms with Crippen molar-refractivity contribution in [3.8, 4) is 0 Å². The fourth-order valence-electron chi connectivity index (χ4n) is 0.848. The highest BCUT2D eigenvalue weighted by Gasteiger charge is 1.90. The third-order valence-corrected chi connectivity index (χ3v) is 2.25. The van der Waals surface area contributed by atoms with Crippen molar-refractivity contribution in [1.29, 1.82) is 0 Å². The van der Waals surface area contributed by atoms with Crippen LogP contribution in [0.1, 0.15) is 12.5 Å². The number of rotatable bonds is 2. The van der Waals surface area contributed by atoms with Crippen molar-refractivity contribution in [3.05, 3.63) is 52.3 Å². The van der Waals surface area contributed by atoms with Crippen LogP contribution in [-0.4, -0.2) is 0 Å². The molecule has 0 N–H and O–H groups in total. The van der Waals surface area contributed by atoms with Gasteiger partial charge in [0.15, 0.2) is 4.74 Å². The van der Waals surface area contributed by atoms with Crippen LogP contribution >= 0.6 is 15.9 Å². The van der Waals surface area contributed by atoms with Crippen molar-refractivity contribution < 1.29 is 4.39 Å². The van der Waals surface area contributed by atoms with Crippen molar-refractivity contribution in [3.63, 3.8) is 0 Å². The van der Waals surface area contributed by atoms with E-state index in [-0.39, 0.29) is 4.74 Å². The summed E-state index contributed by atoms with van der Waals surface area (Å²) in [6, 6.07) is 9.78. The maximum absolute atomic E-state index is 12.5. The fraction of sp³-hybridized carbons (Fsp3) is 0.0909. The molecular formula is C11H10BrF. The molecule has 0 saturated heterocycles. The zero-order chi connectivity index (χ0) is 9.68. The molecule has 0 amide bonds. The fourth-order valence-corrected chi connectivity index (χ4v) is 0.981. The molecule has 0 nitrogen and oxygen atoms in total. The molecule has 0 fully saturated rings. The Bertz CT molecular complexity index is 321. The Balaban J connectivity index is 2.76. The lowest BCUT2D eigenvalue weighted by molar-refractivity contribution is 0.697. The molecule has 68 valence electrons. The summed E-state index contributed by atoms with van der Waals surface area (Å²) in [5, 5.41) is 0. The molecule has 0 heterocycles. The SMILES string of the molecule is CC(/C=C/c1ccccc1)=C(/F)Br. The van der Waals surface area contributed by atoms with Crippen molar-refractivity contribution >= 4 is 22.0 Å². The van der Waals surface area contributed by atoms with Gasteiger partial charge in [0, 0.05) is 0 Å². The normalized spacial score (nSPS) is 13.2. The van der Waals surface area contributed by atoms with Gasteiger partial charge in [0.2, 0.25) is 0 Å². The lowest BCUT2D eigenvalue weighted by Crippen LogP contribution is -1.71. The molecule has 0 bridgehead atoms. The number of allylic oxidation sites excluding steroid dienone is 2. The number of benzene rings is 1. The largest absolute Gasteiger partial charge is 0.199 e. The minimum absolute atomic E-state index is 0.320. The Morgan fingerprint density at radius 2 is 1.92 bits per heavy atom. The zero-order valence-electron chi connectivity index (χ0n) is 7.30. The summed E-state index contributed by atoms with van der Waals surface area (Å²) in [6.07, 6.45) is 3.61. The van der Waals surface area contributed by atoms with Gasteiger partial charge in [-0.05, 0) is 34.0 Å². The lowest BCUT2D eigenvalue weighted by Gasteiger charge is -1.92. The van der Waals surface area contributed by atoms with Gasteiger partial charge < -0.3 is 0 Å². The minimum atomic E-state index is -0.320. The van der Waals surface area contributed by atoms with E-state index in [0.717, 1.165) is 5.56 Å². The second kappa shape index (κ2) is 4.97. The molecular weight excluding hydrogens is 231 g/mol. The van der Waals surface area contributed by atoms with Crippen LogP contribution in [0.2, 0.25) is 0 Å². The van der Waals surface area contributed by atoms with Crippen LogP contribution in [0.15, 0.2) is 46.7 Å². The van der Waals surface area contributed by atoms with Gasteiger partial charge in [-0.2, -0.15) is 4.39 Å². The molecule has 0 aliphatic rings. The number of hydrogen-bond donors (Lipinski definition) is 0. The van der Waals surface area contributed by atoms with E-state index < -0.39 is 0 Å². The van der Waals surface area contributed by atoms with E-state index in [9.17, 15) is 4.39 Å². The smallest absolute Gasteiger partial charge is 0.168 e. The maximum Gasteiger partial charge on any atom is 0.168 e. The highest BCUT2D eigenvalue weighted by Crippen LogP contribution is 2.14. The summed E-state index contributed by atoms with van der Waals surface area (Å²) >= 11 is 2.78. The first-order valence-corrected chi connectivity index (χ1v) is 4.74. The van der Waals surface area contributed by atoms with Gasteiger partial charge in [-0.15, -0.1) is 0 Å². The Morgan fingerprint density at radius 3 is 2.46 bits per heavy atom. The monoisotopic (exact) mass is 240 g/mol. The Kier molecular flexibility index (Phi) is 3.90. The van der Waals surface area contributed by atoms with Gasteiger partial charge in [0.05, 0.1) is 0 Å². The summed E-state index contributed by atoms with van der Waals surface area (Å²) < 4.78 is 12.2. The second-order valence-corrected chi connectivity index (χ2v) is 3.38. The van der Waals surface area contributed by atoms with Crippen LogP contribution in [0.5, 0.6) is 0 Å². The van der Waals surface area contributed by atoms with Crippen molar-refractivity contribution in [2.24, 2.45) is 0 Å². The summed E-state index contributed by atoms with van der Waals surface area (Å²) in [4.78, 5) is 0. The summed E-state index contributed by atoms with van der Waals surface area (Å²) in [5.74, 6) is 0. The summed E-state index contributed by atoms with van der Waals surface area (Å²) in [5.41, 5.74) is 1.65. The van der Waals surface area contributed by atoms with E-state index in [1.54, 1.807) is 13.0 Å². The second-order valence-electron chi connectivity index (χ2n) is 2.69. The standard InChI is InChI=1S/C11H10BrF/c1-9(11(12)13)7-8-10-5-3-2-4-6-10/h2-8H,1H3/b8-7+,11-9-. The molecule has 13 heavy (non-hydrogen) atoms. The van der Waals surface area contributed by atoms with Crippen molar-refractivity contribution in [2.75, 3.05) is 0 Å². The molecule has 0 aliphatic carbocycles. The van der Waals surface area contributed by atoms with E-state index in [2.05, 4.69) is 15.9 Å². The molecule has 2 heteroatoms. The maximum atomic E-state index is 12.5. The Labute approximate surface area is 85.9 Å². The van der Waals surface area contributed by atoms with Crippen molar-refractivity contribution in [2.45, 2.75) is 6.92 Å². The molecule has 0 aromatic heterocycles. The molecule has 0 saturated carbocycles. The van der Waals surface area contributed by atoms with E-state index in [0.29, 0.717) is 5.57 Å². The van der Waals surface area contributed by atoms with Crippen LogP contribution in [0.3, 0.4) is 0 Å². The highest BCUT2D eigenvalue weighted by molar-refractivity contribution is 9.11. The van der Waals surface area contributed by atoms with Crippen LogP contribution in [0.25, 0.3) is 6.08 Å². The first-order valence-electron chi connectivity index (χ1n) is 3.95. The average molecular weight is 241 g/mol. The predicted octanol–water partition coefficient (Wildman–Crippen LogP) is 4.30. The van der Waals surface area contributed by atoms with Gasteiger partial charge >= 0.3 is 0 Å². The molecule has 0 radical (unpaired) electrons. The van der Waals surface area contributed by atoms with E-state index in [1.165, 1.54) is 0 Å². The van der Waals surface area contributed by atoms with E-state index >= 15 is 0 Å². The first kappa shape index (κ1) is 10.2. The molecule has 0 atom stereocenters. The number of hydrogen-bond acceptors (Lipinski definition) is 0. The summed E-state index contributed by atoms with van der Waals surface area (Å²) in [7, 11) is 0. The van der Waals surface area contributed by atoms with Gasteiger partial charge in [0.1, 0.15) is 0 Å². The molecule has 0 aliphatic heterocycles. The predicted molar refractivity (Wildman–Crippen MR) is 58.2 cm³/mol. The van der Waals surface area contributed by atoms with Gasteiger partial charge in [-0.25, -0.2) is 0 Å². The van der Waals surface area contributed by atoms with Crippen LogP contribution in [0.4, 0.5) is 4.39 Å². The molecule has 1 aromatic rings. The average Bonchev–Trinajstić information content (AvgIpc) is 2.15. The Hall–Kier alpha value is -0.890. The third-order valence-electron chi connectivity index (χ3n) is 1.62. The van der Waals surface area contributed by atoms with Gasteiger partial charge in [0.25, 0.3) is 0 Å². The molecule has 0 unspecified atom stereocenters. The first-order chi connectivity index (χ1) is 6.20. The van der Waals surface area contributed by atoms with Crippen LogP contribution in [-0.2, 0) is 0 Å². The van der Waals surface area contributed by atoms with Gasteiger partial charge in [-0.1, -0.05) is 42.5 Å². The molecule has 1 aromatic carbocycles. The highest BCUT2D eigenvalue weighted by atomic mass is 79.9. The summed E-state index contributed by atoms with van der Waals surface area (Å²) in [6.45, 7) is 1.71. The van der Waals surface area contributed by atoms with E-state index in [1.807, 2.05) is 36.4 Å². The van der Waals surface area contributed by atoms with Crippen LogP contribution in [0, 0.1) is 0 Å². The molecule has 0 spiro atoms. The van der Waals surface area contributed by atoms with Crippen molar-refractivity contribution in [1.82, 2.24) is 0 Å². The third kappa shape index (κ3) is 3.55. The zero-order valence-corrected chi connectivity index (χ0v) is 8.88. The molecule has 1 rings (SSSR count). The van der Waals surface area contributed by atoms with E-state index in [4.69, 9.17) is 0 Å². The topological polar surface area (TPSA) is 0 Å². The number of halogens is 2. The Morgan fingerprint density at radius 1 is 1.31 bits per heavy atom. The quantitative estimate of drug-likeness (QED) is 0.677. The lowest BCUT2D eigenvalue weighted by atomic mass is 10.2. The minimum Gasteiger partial charge on any atom is -0.199 e.